The van der Waals surface area contributed by atoms with Crippen LogP contribution in [0.3, 0.4) is 0 Å². The van der Waals surface area contributed by atoms with Crippen LogP contribution in [0.5, 0.6) is 11.5 Å². The van der Waals surface area contributed by atoms with Crippen molar-refractivity contribution in [2.24, 2.45) is 5.16 Å². The summed E-state index contributed by atoms with van der Waals surface area (Å²) in [6.45, 7) is 2.56. The summed E-state index contributed by atoms with van der Waals surface area (Å²) in [6.07, 6.45) is 1.57. The quantitative estimate of drug-likeness (QED) is 0.565. The molecule has 0 aliphatic heterocycles. The Morgan fingerprint density at radius 3 is 2.68 bits per heavy atom. The van der Waals surface area contributed by atoms with E-state index in [0.29, 0.717) is 29.9 Å². The molecule has 0 saturated heterocycles. The molecule has 0 radical (unpaired) electrons. The minimum absolute atomic E-state index is 0.0816. The van der Waals surface area contributed by atoms with Crippen LogP contribution < -0.4 is 20.1 Å². The minimum Gasteiger partial charge on any atom is -0.493 e. The van der Waals surface area contributed by atoms with E-state index >= 15 is 0 Å². The van der Waals surface area contributed by atoms with E-state index in [1.807, 2.05) is 39.2 Å². The molecule has 9 nitrogen and oxygen atoms in total. The van der Waals surface area contributed by atoms with Gasteiger partial charge in [0.1, 0.15) is 0 Å². The highest BCUT2D eigenvalue weighted by molar-refractivity contribution is 5.80. The number of hydrogen-bond donors (Lipinski definition) is 1. The van der Waals surface area contributed by atoms with Gasteiger partial charge in [0.15, 0.2) is 23.9 Å². The number of hydrogen-bond acceptors (Lipinski definition) is 9. The van der Waals surface area contributed by atoms with Gasteiger partial charge in [-0.1, -0.05) is 5.16 Å². The minimum atomic E-state index is 0.0816. The number of nitrogens with two attached hydrogens (primary N) is 1. The summed E-state index contributed by atoms with van der Waals surface area (Å²) in [4.78, 5) is 19.2. The lowest BCUT2D eigenvalue weighted by Gasteiger charge is -2.10. The second-order valence-electron chi connectivity index (χ2n) is 5.16. The maximum atomic E-state index is 5.65. The Hall–Kier alpha value is -3.10. The molecule has 0 saturated carbocycles. The first-order valence-electron chi connectivity index (χ1n) is 7.67. The molecule has 0 amide bonds. The summed E-state index contributed by atoms with van der Waals surface area (Å²) in [7, 11) is 5.22. The highest BCUT2D eigenvalue weighted by atomic mass is 16.6. The normalized spacial score (nSPS) is 10.7. The molecule has 134 valence electrons. The fraction of sp³-hybridized carbons (Fsp3) is 0.375. The van der Waals surface area contributed by atoms with E-state index in [2.05, 4.69) is 20.1 Å². The van der Waals surface area contributed by atoms with Crippen LogP contribution in [-0.2, 0) is 11.4 Å². The smallest absolute Gasteiger partial charge is 0.230 e. The third-order valence-electron chi connectivity index (χ3n) is 3.04. The van der Waals surface area contributed by atoms with Crippen molar-refractivity contribution in [2.45, 2.75) is 13.5 Å². The first kappa shape index (κ1) is 18.2. The fourth-order valence-corrected chi connectivity index (χ4v) is 1.92. The van der Waals surface area contributed by atoms with Gasteiger partial charge >= 0.3 is 0 Å². The summed E-state index contributed by atoms with van der Waals surface area (Å²) in [6, 6.07) is 5.48. The summed E-state index contributed by atoms with van der Waals surface area (Å²) in [5.74, 6) is 2.31. The second-order valence-corrected chi connectivity index (χ2v) is 5.16. The summed E-state index contributed by atoms with van der Waals surface area (Å²) >= 11 is 0. The molecule has 2 aromatic rings. The lowest BCUT2D eigenvalue weighted by atomic mass is 10.2. The molecule has 1 aromatic carbocycles. The maximum absolute atomic E-state index is 5.65. The van der Waals surface area contributed by atoms with Crippen LogP contribution in [0.1, 0.15) is 18.3 Å². The van der Waals surface area contributed by atoms with E-state index in [1.165, 1.54) is 0 Å². The number of aromatic nitrogens is 3. The molecule has 0 aliphatic rings. The van der Waals surface area contributed by atoms with Crippen LogP contribution in [0.15, 0.2) is 23.4 Å². The molecule has 0 aliphatic carbocycles. The van der Waals surface area contributed by atoms with Crippen LogP contribution in [-0.4, -0.2) is 49.0 Å². The predicted octanol–water partition coefficient (Wildman–Crippen LogP) is 1.48. The Kier molecular flexibility index (Phi) is 6.33. The molecular weight excluding hydrogens is 324 g/mol. The molecule has 2 rings (SSSR count). The van der Waals surface area contributed by atoms with E-state index in [9.17, 15) is 0 Å². The van der Waals surface area contributed by atoms with Gasteiger partial charge in [-0.15, -0.1) is 0 Å². The van der Waals surface area contributed by atoms with Crippen LogP contribution in [0, 0.1) is 0 Å². The molecule has 0 spiro atoms. The number of ether oxygens (including phenoxy) is 2. The Bertz CT molecular complexity index is 736. The first-order valence-corrected chi connectivity index (χ1v) is 7.67. The van der Waals surface area contributed by atoms with Crippen molar-refractivity contribution in [3.8, 4) is 11.5 Å². The van der Waals surface area contributed by atoms with E-state index in [4.69, 9.17) is 20.0 Å². The van der Waals surface area contributed by atoms with Crippen molar-refractivity contribution in [3.05, 3.63) is 29.6 Å². The van der Waals surface area contributed by atoms with E-state index < -0.39 is 0 Å². The van der Waals surface area contributed by atoms with Crippen LogP contribution >= 0.6 is 0 Å². The Morgan fingerprint density at radius 2 is 2.00 bits per heavy atom. The molecule has 9 heteroatoms. The first-order chi connectivity index (χ1) is 12.0. The summed E-state index contributed by atoms with van der Waals surface area (Å²) < 4.78 is 10.8. The topological polar surface area (TPSA) is 108 Å². The fourth-order valence-electron chi connectivity index (χ4n) is 1.92. The van der Waals surface area contributed by atoms with Gasteiger partial charge in [-0.3, -0.25) is 0 Å². The van der Waals surface area contributed by atoms with Gasteiger partial charge in [0.25, 0.3) is 0 Å². The van der Waals surface area contributed by atoms with Gasteiger partial charge in [-0.05, 0) is 25.1 Å². The van der Waals surface area contributed by atoms with Crippen LogP contribution in [0.4, 0.5) is 11.9 Å². The Morgan fingerprint density at radius 1 is 1.20 bits per heavy atom. The van der Waals surface area contributed by atoms with Gasteiger partial charge in [0.05, 0.1) is 19.9 Å². The third kappa shape index (κ3) is 5.20. The average molecular weight is 346 g/mol. The van der Waals surface area contributed by atoms with Gasteiger partial charge in [0.2, 0.25) is 11.9 Å². The molecule has 0 unspecified atom stereocenters. The number of anilines is 2. The van der Waals surface area contributed by atoms with Crippen molar-refractivity contribution in [1.82, 2.24) is 15.0 Å². The average Bonchev–Trinajstić information content (AvgIpc) is 2.59. The van der Waals surface area contributed by atoms with E-state index in [1.54, 1.807) is 18.2 Å². The van der Waals surface area contributed by atoms with Gasteiger partial charge in [-0.25, -0.2) is 0 Å². The van der Waals surface area contributed by atoms with Crippen molar-refractivity contribution < 1.29 is 14.3 Å². The van der Waals surface area contributed by atoms with E-state index in [-0.39, 0.29) is 12.6 Å². The molecule has 25 heavy (non-hydrogen) atoms. The van der Waals surface area contributed by atoms with Crippen molar-refractivity contribution in [2.75, 3.05) is 38.4 Å². The molecule has 1 heterocycles. The molecule has 2 N–H and O–H groups in total. The number of benzene rings is 1. The standard InChI is InChI=1S/C16H22N6O3/c1-5-24-12-7-6-11(8-13(12)23-4)9-18-25-10-14-19-15(17)21-16(20-14)22(2)3/h6-9H,5,10H2,1-4H3,(H2,17,19,20,21)/b18-9+. The van der Waals surface area contributed by atoms with Crippen molar-refractivity contribution >= 4 is 18.1 Å². The van der Waals surface area contributed by atoms with Crippen molar-refractivity contribution in [1.29, 1.82) is 0 Å². The SMILES string of the molecule is CCOc1ccc(/C=N/OCc2nc(N)nc(N(C)C)n2)cc1OC. The van der Waals surface area contributed by atoms with Gasteiger partial charge < -0.3 is 24.9 Å². The lowest BCUT2D eigenvalue weighted by molar-refractivity contribution is 0.126. The van der Waals surface area contributed by atoms with Crippen LogP contribution in [0.25, 0.3) is 0 Å². The zero-order valence-corrected chi connectivity index (χ0v) is 14.8. The highest BCUT2D eigenvalue weighted by Gasteiger charge is 2.07. The molecule has 0 atom stereocenters. The third-order valence-corrected chi connectivity index (χ3v) is 3.04. The number of nitrogens with zero attached hydrogens (tertiary/aromatic N) is 5. The number of rotatable bonds is 8. The number of nitrogen functional groups attached to an aromatic ring is 1. The summed E-state index contributed by atoms with van der Waals surface area (Å²) in [5.41, 5.74) is 6.46. The summed E-state index contributed by atoms with van der Waals surface area (Å²) in [5, 5.41) is 3.92. The second kappa shape index (κ2) is 8.67. The zero-order chi connectivity index (χ0) is 18.2. The van der Waals surface area contributed by atoms with Crippen LogP contribution in [0.2, 0.25) is 0 Å². The zero-order valence-electron chi connectivity index (χ0n) is 14.8. The van der Waals surface area contributed by atoms with E-state index in [0.717, 1.165) is 5.56 Å². The Balaban J connectivity index is 2.00. The molecule has 0 bridgehead atoms. The van der Waals surface area contributed by atoms with Gasteiger partial charge in [-0.2, -0.15) is 15.0 Å². The number of oxime groups is 1. The largest absolute Gasteiger partial charge is 0.493 e. The molecular formula is C16H22N6O3. The lowest BCUT2D eigenvalue weighted by Crippen LogP contribution is -2.16. The molecule has 0 fully saturated rings. The van der Waals surface area contributed by atoms with Crippen molar-refractivity contribution in [3.63, 3.8) is 0 Å². The highest BCUT2D eigenvalue weighted by Crippen LogP contribution is 2.27. The molecule has 1 aromatic heterocycles. The van der Waals surface area contributed by atoms with Gasteiger partial charge in [0, 0.05) is 19.7 Å². The number of methoxy groups -OCH3 is 1. The predicted molar refractivity (Wildman–Crippen MR) is 95.1 cm³/mol. The monoisotopic (exact) mass is 346 g/mol. The maximum Gasteiger partial charge on any atom is 0.230 e. The Labute approximate surface area is 146 Å².